The first kappa shape index (κ1) is 22.3. The number of rotatable bonds is 5. The highest BCUT2D eigenvalue weighted by Gasteiger charge is 2.30. The Morgan fingerprint density at radius 2 is 1.88 bits per heavy atom. The fourth-order valence-corrected chi connectivity index (χ4v) is 6.04. The Balaban J connectivity index is 1.45. The number of nitrogens with zero attached hydrogens (tertiary/aromatic N) is 2. The smallest absolute Gasteiger partial charge is 0.325 e. The first-order chi connectivity index (χ1) is 15.3. The number of thiazole rings is 1. The van der Waals surface area contributed by atoms with Crippen molar-refractivity contribution in [2.75, 3.05) is 24.3 Å². The van der Waals surface area contributed by atoms with Gasteiger partial charge < -0.3 is 10.1 Å². The normalized spacial score (nSPS) is 14.0. The molecule has 0 fully saturated rings. The molecule has 0 bridgehead atoms. The lowest BCUT2D eigenvalue weighted by atomic mass is 10.1. The number of nitrogens with one attached hydrogen (secondary N) is 2. The molecular formula is C22H24N4O4S2. The van der Waals surface area contributed by atoms with Gasteiger partial charge in [0.15, 0.2) is 5.13 Å². The number of ether oxygens (including phenoxy) is 1. The summed E-state index contributed by atoms with van der Waals surface area (Å²) in [5.74, 6) is 0.599. The molecule has 0 atom stereocenters. The van der Waals surface area contributed by atoms with Crippen molar-refractivity contribution in [2.45, 2.75) is 31.7 Å². The lowest BCUT2D eigenvalue weighted by molar-refractivity contribution is 0.262. The molecule has 3 aromatic rings. The Labute approximate surface area is 191 Å². The highest BCUT2D eigenvalue weighted by molar-refractivity contribution is 7.89. The van der Waals surface area contributed by atoms with Gasteiger partial charge in [-0.3, -0.25) is 5.32 Å². The lowest BCUT2D eigenvalue weighted by Crippen LogP contribution is -2.35. The van der Waals surface area contributed by atoms with E-state index in [1.54, 1.807) is 24.3 Å². The van der Waals surface area contributed by atoms with Gasteiger partial charge in [0, 0.05) is 23.5 Å². The summed E-state index contributed by atoms with van der Waals surface area (Å²) in [7, 11) is -2.10. The number of benzene rings is 2. The molecular weight excluding hydrogens is 448 g/mol. The van der Waals surface area contributed by atoms with Crippen molar-refractivity contribution in [1.29, 1.82) is 0 Å². The molecule has 1 aliphatic rings. The van der Waals surface area contributed by atoms with Crippen LogP contribution in [-0.2, 0) is 23.0 Å². The maximum atomic E-state index is 13.0. The van der Waals surface area contributed by atoms with Crippen LogP contribution >= 0.6 is 11.3 Å². The van der Waals surface area contributed by atoms with Gasteiger partial charge in [-0.15, -0.1) is 0 Å². The number of aryl methyl sites for hydroxylation is 2. The highest BCUT2D eigenvalue weighted by Crippen LogP contribution is 2.31. The average molecular weight is 473 g/mol. The number of urea groups is 1. The van der Waals surface area contributed by atoms with Crippen molar-refractivity contribution in [1.82, 2.24) is 9.29 Å². The number of carbonyl (C=O) groups is 1. The molecule has 0 saturated heterocycles. The molecule has 0 unspecified atom stereocenters. The van der Waals surface area contributed by atoms with Crippen LogP contribution in [0.4, 0.5) is 15.6 Å². The maximum Gasteiger partial charge on any atom is 0.325 e. The zero-order valence-electron chi connectivity index (χ0n) is 18.0. The van der Waals surface area contributed by atoms with E-state index in [9.17, 15) is 13.2 Å². The van der Waals surface area contributed by atoms with Crippen molar-refractivity contribution >= 4 is 38.2 Å². The van der Waals surface area contributed by atoms with E-state index < -0.39 is 10.0 Å². The number of amides is 2. The van der Waals surface area contributed by atoms with Crippen molar-refractivity contribution in [2.24, 2.45) is 0 Å². The van der Waals surface area contributed by atoms with Crippen molar-refractivity contribution in [3.63, 3.8) is 0 Å². The number of sulfonamides is 1. The van der Waals surface area contributed by atoms with Gasteiger partial charge in [-0.2, -0.15) is 4.31 Å². The van der Waals surface area contributed by atoms with E-state index in [1.165, 1.54) is 22.8 Å². The number of fused-ring (bicyclic) bond motifs is 1. The molecule has 168 valence electrons. The Bertz CT molecular complexity index is 1250. The summed E-state index contributed by atoms with van der Waals surface area (Å²) in [6, 6.07) is 11.8. The van der Waals surface area contributed by atoms with Crippen LogP contribution in [0.1, 0.15) is 21.7 Å². The standard InChI is InChI=1S/C22H24N4O4S2/c1-14-4-9-18(15(2)12-14)23-21(27)25-22-24-19-10-11-26(13-20(19)31-22)32(28,29)17-7-5-16(30-3)6-8-17/h4-9,12H,10-11,13H2,1-3H3,(H2,23,24,25,27). The molecule has 1 aromatic heterocycles. The van der Waals surface area contributed by atoms with Gasteiger partial charge in [0.2, 0.25) is 10.0 Å². The monoisotopic (exact) mass is 472 g/mol. The second-order valence-electron chi connectivity index (χ2n) is 7.55. The minimum Gasteiger partial charge on any atom is -0.497 e. The zero-order valence-corrected chi connectivity index (χ0v) is 19.6. The van der Waals surface area contributed by atoms with Crippen molar-refractivity contribution in [3.05, 3.63) is 64.2 Å². The van der Waals surface area contributed by atoms with Crippen molar-refractivity contribution in [3.8, 4) is 5.75 Å². The molecule has 32 heavy (non-hydrogen) atoms. The second kappa shape index (κ2) is 8.89. The second-order valence-corrected chi connectivity index (χ2v) is 10.6. The van der Waals surface area contributed by atoms with Gasteiger partial charge in [0.1, 0.15) is 5.75 Å². The van der Waals surface area contributed by atoms with E-state index in [4.69, 9.17) is 4.74 Å². The Morgan fingerprint density at radius 1 is 1.12 bits per heavy atom. The number of methoxy groups -OCH3 is 1. The number of hydrogen-bond donors (Lipinski definition) is 2. The van der Waals surface area contributed by atoms with Crippen LogP contribution in [0.3, 0.4) is 0 Å². The summed E-state index contributed by atoms with van der Waals surface area (Å²) in [6.07, 6.45) is 0.488. The summed E-state index contributed by atoms with van der Waals surface area (Å²) >= 11 is 1.29. The molecule has 2 amide bonds. The number of anilines is 2. The molecule has 0 spiro atoms. The predicted molar refractivity (Wildman–Crippen MR) is 125 cm³/mol. The van der Waals surface area contributed by atoms with Crippen LogP contribution < -0.4 is 15.4 Å². The van der Waals surface area contributed by atoms with Gasteiger partial charge >= 0.3 is 6.03 Å². The van der Waals surface area contributed by atoms with Crippen LogP contribution in [-0.4, -0.2) is 37.4 Å². The molecule has 2 N–H and O–H groups in total. The third-order valence-corrected chi connectivity index (χ3v) is 8.10. The summed E-state index contributed by atoms with van der Waals surface area (Å²) in [5.41, 5.74) is 3.64. The van der Waals surface area contributed by atoms with Crippen LogP contribution in [0.2, 0.25) is 0 Å². The van der Waals surface area contributed by atoms with E-state index in [2.05, 4.69) is 15.6 Å². The topological polar surface area (TPSA) is 101 Å². The summed E-state index contributed by atoms with van der Waals surface area (Å²) < 4.78 is 32.6. The maximum absolute atomic E-state index is 13.0. The fourth-order valence-electron chi connectivity index (χ4n) is 3.53. The Morgan fingerprint density at radius 3 is 2.56 bits per heavy atom. The van der Waals surface area contributed by atoms with Gasteiger partial charge in [-0.25, -0.2) is 18.2 Å². The Hall–Kier alpha value is -2.95. The minimum atomic E-state index is -3.64. The molecule has 8 nitrogen and oxygen atoms in total. The summed E-state index contributed by atoms with van der Waals surface area (Å²) in [5, 5.41) is 6.04. The van der Waals surface area contributed by atoms with E-state index in [-0.39, 0.29) is 17.5 Å². The summed E-state index contributed by atoms with van der Waals surface area (Å²) in [6.45, 7) is 4.48. The van der Waals surface area contributed by atoms with Crippen LogP contribution in [0.5, 0.6) is 5.75 Å². The van der Waals surface area contributed by atoms with E-state index >= 15 is 0 Å². The third kappa shape index (κ3) is 4.62. The Kier molecular flexibility index (Phi) is 6.18. The zero-order chi connectivity index (χ0) is 22.9. The quantitative estimate of drug-likeness (QED) is 0.581. The van der Waals surface area contributed by atoms with Crippen LogP contribution in [0.25, 0.3) is 0 Å². The van der Waals surface area contributed by atoms with Gasteiger partial charge in [0.05, 0.1) is 24.2 Å². The largest absolute Gasteiger partial charge is 0.497 e. The van der Waals surface area contributed by atoms with Crippen LogP contribution in [0, 0.1) is 13.8 Å². The molecule has 1 aliphatic heterocycles. The van der Waals surface area contributed by atoms with Gasteiger partial charge in [0.25, 0.3) is 0 Å². The van der Waals surface area contributed by atoms with E-state index in [0.29, 0.717) is 23.8 Å². The SMILES string of the molecule is COc1ccc(S(=O)(=O)N2CCc3nc(NC(=O)Nc4ccc(C)cc4C)sc3C2)cc1. The molecule has 0 radical (unpaired) electrons. The molecule has 10 heteroatoms. The molecule has 2 heterocycles. The van der Waals surface area contributed by atoms with Gasteiger partial charge in [-0.05, 0) is 49.7 Å². The lowest BCUT2D eigenvalue weighted by Gasteiger charge is -2.25. The fraction of sp³-hybridized carbons (Fsp3) is 0.273. The first-order valence-corrected chi connectivity index (χ1v) is 12.3. The highest BCUT2D eigenvalue weighted by atomic mass is 32.2. The van der Waals surface area contributed by atoms with Crippen molar-refractivity contribution < 1.29 is 17.9 Å². The van der Waals surface area contributed by atoms with Gasteiger partial charge in [-0.1, -0.05) is 29.0 Å². The number of aromatic nitrogens is 1. The first-order valence-electron chi connectivity index (χ1n) is 10.0. The number of carbonyl (C=O) groups excluding carboxylic acids is 1. The predicted octanol–water partition coefficient (Wildman–Crippen LogP) is 4.16. The third-order valence-electron chi connectivity index (χ3n) is 5.24. The van der Waals surface area contributed by atoms with E-state index in [0.717, 1.165) is 27.4 Å². The average Bonchev–Trinajstić information content (AvgIpc) is 3.17. The molecule has 0 saturated carbocycles. The van der Waals surface area contributed by atoms with Crippen LogP contribution in [0.15, 0.2) is 47.4 Å². The number of hydrogen-bond acceptors (Lipinski definition) is 6. The molecule has 4 rings (SSSR count). The minimum absolute atomic E-state index is 0.220. The van der Waals surface area contributed by atoms with E-state index in [1.807, 2.05) is 32.0 Å². The molecule has 0 aliphatic carbocycles. The molecule has 2 aromatic carbocycles. The summed E-state index contributed by atoms with van der Waals surface area (Å²) in [4.78, 5) is 18.0.